The maximum atomic E-state index is 5.88. The van der Waals surface area contributed by atoms with Crippen LogP contribution in [0.15, 0.2) is 18.2 Å². The standard InChI is InChI=1S/C9H11ClIN/c1-2-9(12)6-3-4-7(10)8(11)5-6/h3-5,9H,2,12H2,1H3/t9-/m0/s1. The molecule has 66 valence electrons. The second-order valence-corrected chi connectivity index (χ2v) is 4.26. The van der Waals surface area contributed by atoms with Crippen molar-refractivity contribution in [3.63, 3.8) is 0 Å². The van der Waals surface area contributed by atoms with E-state index in [0.29, 0.717) is 0 Å². The molecule has 0 heterocycles. The zero-order valence-electron chi connectivity index (χ0n) is 6.85. The van der Waals surface area contributed by atoms with Crippen molar-refractivity contribution in [2.45, 2.75) is 19.4 Å². The smallest absolute Gasteiger partial charge is 0.0539 e. The van der Waals surface area contributed by atoms with Crippen LogP contribution in [0.25, 0.3) is 0 Å². The van der Waals surface area contributed by atoms with Crippen molar-refractivity contribution in [3.05, 3.63) is 32.4 Å². The normalized spacial score (nSPS) is 13.0. The maximum absolute atomic E-state index is 5.88. The van der Waals surface area contributed by atoms with E-state index in [-0.39, 0.29) is 6.04 Å². The SMILES string of the molecule is CC[C@H](N)c1ccc(Cl)c(I)c1. The van der Waals surface area contributed by atoms with Crippen LogP contribution >= 0.6 is 34.2 Å². The molecule has 1 atom stereocenters. The monoisotopic (exact) mass is 295 g/mol. The van der Waals surface area contributed by atoms with E-state index in [2.05, 4.69) is 29.5 Å². The van der Waals surface area contributed by atoms with Crippen LogP contribution in [0, 0.1) is 3.57 Å². The summed E-state index contributed by atoms with van der Waals surface area (Å²) in [5, 5.41) is 0.794. The van der Waals surface area contributed by atoms with Gasteiger partial charge in [0.15, 0.2) is 0 Å². The average Bonchev–Trinajstić information content (AvgIpc) is 2.08. The lowest BCUT2D eigenvalue weighted by Gasteiger charge is -2.09. The van der Waals surface area contributed by atoms with E-state index < -0.39 is 0 Å². The molecule has 1 nitrogen and oxygen atoms in total. The van der Waals surface area contributed by atoms with Crippen LogP contribution in [0.5, 0.6) is 0 Å². The van der Waals surface area contributed by atoms with Crippen molar-refractivity contribution in [1.82, 2.24) is 0 Å². The van der Waals surface area contributed by atoms with E-state index in [1.807, 2.05) is 18.2 Å². The lowest BCUT2D eigenvalue weighted by molar-refractivity contribution is 0.698. The summed E-state index contributed by atoms with van der Waals surface area (Å²) in [5.41, 5.74) is 7.03. The summed E-state index contributed by atoms with van der Waals surface area (Å²) < 4.78 is 1.07. The Labute approximate surface area is 91.4 Å². The van der Waals surface area contributed by atoms with Crippen molar-refractivity contribution in [1.29, 1.82) is 0 Å². The van der Waals surface area contributed by atoms with Crippen LogP contribution in [0.2, 0.25) is 5.02 Å². The number of halogens is 2. The first-order chi connectivity index (χ1) is 5.65. The second kappa shape index (κ2) is 4.44. The van der Waals surface area contributed by atoms with Gasteiger partial charge in [0.05, 0.1) is 5.02 Å². The summed E-state index contributed by atoms with van der Waals surface area (Å²) in [6.07, 6.45) is 0.956. The lowest BCUT2D eigenvalue weighted by Crippen LogP contribution is -2.08. The molecular weight excluding hydrogens is 284 g/mol. The Hall–Kier alpha value is 0.200. The molecule has 0 saturated carbocycles. The molecule has 0 unspecified atom stereocenters. The van der Waals surface area contributed by atoms with Gasteiger partial charge in [-0.3, -0.25) is 0 Å². The van der Waals surface area contributed by atoms with Gasteiger partial charge in [-0.25, -0.2) is 0 Å². The number of benzene rings is 1. The summed E-state index contributed by atoms with van der Waals surface area (Å²) >= 11 is 8.09. The third kappa shape index (κ3) is 2.34. The Balaban J connectivity index is 2.96. The minimum atomic E-state index is 0.135. The second-order valence-electron chi connectivity index (χ2n) is 2.69. The highest BCUT2D eigenvalue weighted by molar-refractivity contribution is 14.1. The van der Waals surface area contributed by atoms with Crippen LogP contribution in [0.4, 0.5) is 0 Å². The maximum Gasteiger partial charge on any atom is 0.0539 e. The van der Waals surface area contributed by atoms with Crippen molar-refractivity contribution in [2.24, 2.45) is 5.73 Å². The first-order valence-corrected chi connectivity index (χ1v) is 5.31. The van der Waals surface area contributed by atoms with E-state index in [1.165, 1.54) is 0 Å². The molecule has 0 aliphatic rings. The quantitative estimate of drug-likeness (QED) is 0.832. The number of rotatable bonds is 2. The Morgan fingerprint density at radius 3 is 2.75 bits per heavy atom. The van der Waals surface area contributed by atoms with Gasteiger partial charge in [0.2, 0.25) is 0 Å². The molecule has 12 heavy (non-hydrogen) atoms. The Kier molecular flexibility index (Phi) is 3.80. The molecule has 1 aromatic carbocycles. The fourth-order valence-electron chi connectivity index (χ4n) is 0.979. The van der Waals surface area contributed by atoms with Crippen LogP contribution in [-0.2, 0) is 0 Å². The zero-order chi connectivity index (χ0) is 9.14. The van der Waals surface area contributed by atoms with E-state index in [4.69, 9.17) is 17.3 Å². The van der Waals surface area contributed by atoms with E-state index in [9.17, 15) is 0 Å². The highest BCUT2D eigenvalue weighted by Crippen LogP contribution is 2.22. The van der Waals surface area contributed by atoms with Crippen molar-refractivity contribution in [3.8, 4) is 0 Å². The molecule has 1 aromatic rings. The lowest BCUT2D eigenvalue weighted by atomic mass is 10.1. The molecule has 0 radical (unpaired) electrons. The van der Waals surface area contributed by atoms with Crippen molar-refractivity contribution < 1.29 is 0 Å². The van der Waals surface area contributed by atoms with E-state index in [1.54, 1.807) is 0 Å². The van der Waals surface area contributed by atoms with Gasteiger partial charge in [-0.05, 0) is 46.7 Å². The molecule has 0 aliphatic carbocycles. The van der Waals surface area contributed by atoms with E-state index >= 15 is 0 Å². The largest absolute Gasteiger partial charge is 0.324 e. The summed E-state index contributed by atoms with van der Waals surface area (Å²) in [4.78, 5) is 0. The molecule has 0 fully saturated rings. The van der Waals surface area contributed by atoms with Crippen LogP contribution in [0.3, 0.4) is 0 Å². The minimum Gasteiger partial charge on any atom is -0.324 e. The molecule has 1 rings (SSSR count). The van der Waals surface area contributed by atoms with Crippen molar-refractivity contribution in [2.75, 3.05) is 0 Å². The van der Waals surface area contributed by atoms with Gasteiger partial charge in [-0.2, -0.15) is 0 Å². The summed E-state index contributed by atoms with van der Waals surface area (Å²) in [5.74, 6) is 0. The van der Waals surface area contributed by atoms with E-state index in [0.717, 1.165) is 20.6 Å². The minimum absolute atomic E-state index is 0.135. The van der Waals surface area contributed by atoms with Crippen LogP contribution < -0.4 is 5.73 Å². The molecule has 0 aromatic heterocycles. The molecule has 0 aliphatic heterocycles. The van der Waals surface area contributed by atoms with Gasteiger partial charge in [-0.1, -0.05) is 24.6 Å². The van der Waals surface area contributed by atoms with Gasteiger partial charge < -0.3 is 5.73 Å². The first kappa shape index (κ1) is 10.3. The Morgan fingerprint density at radius 1 is 1.58 bits per heavy atom. The molecule has 0 bridgehead atoms. The average molecular weight is 296 g/mol. The molecule has 0 amide bonds. The predicted molar refractivity (Wildman–Crippen MR) is 61.4 cm³/mol. The number of hydrogen-bond donors (Lipinski definition) is 1. The van der Waals surface area contributed by atoms with Crippen LogP contribution in [-0.4, -0.2) is 0 Å². The fraction of sp³-hybridized carbons (Fsp3) is 0.333. The predicted octanol–water partition coefficient (Wildman–Crippen LogP) is 3.35. The van der Waals surface area contributed by atoms with Gasteiger partial charge in [0.1, 0.15) is 0 Å². The number of hydrogen-bond acceptors (Lipinski definition) is 1. The first-order valence-electron chi connectivity index (χ1n) is 3.85. The topological polar surface area (TPSA) is 26.0 Å². The highest BCUT2D eigenvalue weighted by Gasteiger charge is 2.04. The molecular formula is C9H11ClIN. The number of nitrogens with two attached hydrogens (primary N) is 1. The third-order valence-electron chi connectivity index (χ3n) is 1.81. The Bertz CT molecular complexity index is 275. The Morgan fingerprint density at radius 2 is 2.25 bits per heavy atom. The van der Waals surface area contributed by atoms with Gasteiger partial charge in [0.25, 0.3) is 0 Å². The third-order valence-corrected chi connectivity index (χ3v) is 3.35. The molecule has 0 spiro atoms. The van der Waals surface area contributed by atoms with Crippen molar-refractivity contribution >= 4 is 34.2 Å². The van der Waals surface area contributed by atoms with Gasteiger partial charge in [-0.15, -0.1) is 0 Å². The van der Waals surface area contributed by atoms with Crippen LogP contribution in [0.1, 0.15) is 24.9 Å². The summed E-state index contributed by atoms with van der Waals surface area (Å²) in [7, 11) is 0. The fourth-order valence-corrected chi connectivity index (χ4v) is 1.64. The summed E-state index contributed by atoms with van der Waals surface area (Å²) in [6.45, 7) is 2.08. The molecule has 0 saturated heterocycles. The zero-order valence-corrected chi connectivity index (χ0v) is 9.76. The molecule has 2 N–H and O–H groups in total. The van der Waals surface area contributed by atoms with Gasteiger partial charge >= 0.3 is 0 Å². The summed E-state index contributed by atoms with van der Waals surface area (Å²) in [6, 6.07) is 6.06. The molecule has 3 heteroatoms. The van der Waals surface area contributed by atoms with Gasteiger partial charge in [0, 0.05) is 9.61 Å². The highest BCUT2D eigenvalue weighted by atomic mass is 127.